The van der Waals surface area contributed by atoms with Crippen molar-refractivity contribution in [3.63, 3.8) is 0 Å². The van der Waals surface area contributed by atoms with E-state index in [0.717, 1.165) is 25.2 Å². The van der Waals surface area contributed by atoms with Crippen LogP contribution in [0.1, 0.15) is 33.1 Å². The van der Waals surface area contributed by atoms with Gasteiger partial charge in [0.15, 0.2) is 0 Å². The SMILES string of the molecule is CCC(C)SCC(O)CCCOC. The first-order chi connectivity index (χ1) is 6.20. The predicted octanol–water partition coefficient (Wildman–Crippen LogP) is 2.31. The molecule has 2 atom stereocenters. The van der Waals surface area contributed by atoms with Gasteiger partial charge in [-0.25, -0.2) is 0 Å². The van der Waals surface area contributed by atoms with Gasteiger partial charge >= 0.3 is 0 Å². The number of hydrogen-bond acceptors (Lipinski definition) is 3. The maximum Gasteiger partial charge on any atom is 0.0631 e. The fraction of sp³-hybridized carbons (Fsp3) is 1.00. The van der Waals surface area contributed by atoms with Crippen molar-refractivity contribution in [2.45, 2.75) is 44.5 Å². The van der Waals surface area contributed by atoms with Crippen LogP contribution in [0.4, 0.5) is 0 Å². The number of hydrogen-bond donors (Lipinski definition) is 1. The minimum atomic E-state index is -0.158. The highest BCUT2D eigenvalue weighted by atomic mass is 32.2. The monoisotopic (exact) mass is 206 g/mol. The van der Waals surface area contributed by atoms with Gasteiger partial charge in [-0.15, -0.1) is 0 Å². The second-order valence-electron chi connectivity index (χ2n) is 3.34. The summed E-state index contributed by atoms with van der Waals surface area (Å²) >= 11 is 1.85. The Bertz CT molecular complexity index is 109. The van der Waals surface area contributed by atoms with Crippen molar-refractivity contribution in [1.82, 2.24) is 0 Å². The molecule has 0 aromatic rings. The van der Waals surface area contributed by atoms with Crippen molar-refractivity contribution in [2.75, 3.05) is 19.5 Å². The van der Waals surface area contributed by atoms with Crippen molar-refractivity contribution in [2.24, 2.45) is 0 Å². The summed E-state index contributed by atoms with van der Waals surface area (Å²) in [4.78, 5) is 0. The van der Waals surface area contributed by atoms with Gasteiger partial charge in [0.05, 0.1) is 6.10 Å². The molecule has 0 saturated heterocycles. The topological polar surface area (TPSA) is 29.5 Å². The third-order valence-electron chi connectivity index (χ3n) is 2.03. The molecule has 0 aromatic heterocycles. The zero-order valence-corrected chi connectivity index (χ0v) is 9.77. The normalized spacial score (nSPS) is 15.7. The van der Waals surface area contributed by atoms with Gasteiger partial charge in [-0.3, -0.25) is 0 Å². The number of aliphatic hydroxyl groups excluding tert-OH is 1. The minimum absolute atomic E-state index is 0.158. The first-order valence-electron chi connectivity index (χ1n) is 4.99. The molecular formula is C10H22O2S. The molecule has 0 saturated carbocycles. The van der Waals surface area contributed by atoms with Gasteiger partial charge in [0.2, 0.25) is 0 Å². The van der Waals surface area contributed by atoms with E-state index in [4.69, 9.17) is 4.74 Å². The van der Waals surface area contributed by atoms with Gasteiger partial charge in [0, 0.05) is 24.7 Å². The molecular weight excluding hydrogens is 184 g/mol. The summed E-state index contributed by atoms with van der Waals surface area (Å²) in [6.45, 7) is 5.13. The van der Waals surface area contributed by atoms with Gasteiger partial charge in [-0.05, 0) is 19.3 Å². The first-order valence-corrected chi connectivity index (χ1v) is 6.04. The molecule has 0 spiro atoms. The Morgan fingerprint density at radius 3 is 2.69 bits per heavy atom. The van der Waals surface area contributed by atoms with Crippen LogP contribution in [0.15, 0.2) is 0 Å². The predicted molar refractivity (Wildman–Crippen MR) is 59.3 cm³/mol. The summed E-state index contributed by atoms with van der Waals surface area (Å²) in [7, 11) is 1.69. The maximum atomic E-state index is 9.54. The van der Waals surface area contributed by atoms with E-state index in [1.54, 1.807) is 7.11 Å². The molecule has 0 aliphatic heterocycles. The summed E-state index contributed by atoms with van der Waals surface area (Å²) in [5.41, 5.74) is 0. The van der Waals surface area contributed by atoms with Gasteiger partial charge in [-0.2, -0.15) is 11.8 Å². The number of ether oxygens (including phenoxy) is 1. The van der Waals surface area contributed by atoms with Crippen LogP contribution in [-0.4, -0.2) is 35.9 Å². The van der Waals surface area contributed by atoms with Crippen LogP contribution < -0.4 is 0 Å². The van der Waals surface area contributed by atoms with Crippen LogP contribution in [0.3, 0.4) is 0 Å². The van der Waals surface area contributed by atoms with Gasteiger partial charge in [0.1, 0.15) is 0 Å². The number of rotatable bonds is 8. The standard InChI is InChI=1S/C10H22O2S/c1-4-9(2)13-8-10(11)6-5-7-12-3/h9-11H,4-8H2,1-3H3. The van der Waals surface area contributed by atoms with Crippen molar-refractivity contribution in [3.05, 3.63) is 0 Å². The minimum Gasteiger partial charge on any atom is -0.392 e. The van der Waals surface area contributed by atoms with E-state index in [-0.39, 0.29) is 6.10 Å². The van der Waals surface area contributed by atoms with Crippen LogP contribution in [0.5, 0.6) is 0 Å². The van der Waals surface area contributed by atoms with Crippen LogP contribution in [0.2, 0.25) is 0 Å². The second kappa shape index (κ2) is 8.85. The lowest BCUT2D eigenvalue weighted by atomic mass is 10.2. The average Bonchev–Trinajstić information content (AvgIpc) is 2.14. The van der Waals surface area contributed by atoms with Gasteiger partial charge < -0.3 is 9.84 Å². The Labute approximate surface area is 86.1 Å². The highest BCUT2D eigenvalue weighted by Gasteiger charge is 2.06. The van der Waals surface area contributed by atoms with Crippen molar-refractivity contribution >= 4 is 11.8 Å². The third-order valence-corrected chi connectivity index (χ3v) is 3.51. The molecule has 0 fully saturated rings. The molecule has 0 aromatic carbocycles. The quantitative estimate of drug-likeness (QED) is 0.618. The van der Waals surface area contributed by atoms with Crippen LogP contribution in [0.25, 0.3) is 0 Å². The molecule has 0 rings (SSSR count). The van der Waals surface area contributed by atoms with E-state index in [9.17, 15) is 5.11 Å². The Hall–Kier alpha value is 0.270. The molecule has 13 heavy (non-hydrogen) atoms. The van der Waals surface area contributed by atoms with Crippen LogP contribution >= 0.6 is 11.8 Å². The van der Waals surface area contributed by atoms with E-state index in [1.165, 1.54) is 6.42 Å². The van der Waals surface area contributed by atoms with E-state index < -0.39 is 0 Å². The highest BCUT2D eigenvalue weighted by molar-refractivity contribution is 7.99. The number of methoxy groups -OCH3 is 1. The molecule has 2 nitrogen and oxygen atoms in total. The van der Waals surface area contributed by atoms with Crippen LogP contribution in [0, 0.1) is 0 Å². The van der Waals surface area contributed by atoms with E-state index in [1.807, 2.05) is 11.8 Å². The lowest BCUT2D eigenvalue weighted by molar-refractivity contribution is 0.149. The van der Waals surface area contributed by atoms with Gasteiger partial charge in [0.25, 0.3) is 0 Å². The summed E-state index contributed by atoms with van der Waals surface area (Å²) < 4.78 is 4.92. The smallest absolute Gasteiger partial charge is 0.0631 e. The molecule has 3 heteroatoms. The van der Waals surface area contributed by atoms with Crippen LogP contribution in [-0.2, 0) is 4.74 Å². The number of aliphatic hydroxyl groups is 1. The highest BCUT2D eigenvalue weighted by Crippen LogP contribution is 2.16. The largest absolute Gasteiger partial charge is 0.392 e. The van der Waals surface area contributed by atoms with Gasteiger partial charge in [-0.1, -0.05) is 13.8 Å². The lowest BCUT2D eigenvalue weighted by Crippen LogP contribution is -2.12. The summed E-state index contributed by atoms with van der Waals surface area (Å²) in [5.74, 6) is 0.860. The molecule has 0 aliphatic rings. The fourth-order valence-corrected chi connectivity index (χ4v) is 1.89. The molecule has 0 heterocycles. The lowest BCUT2D eigenvalue weighted by Gasteiger charge is -2.12. The van der Waals surface area contributed by atoms with E-state index in [0.29, 0.717) is 5.25 Å². The molecule has 0 bridgehead atoms. The maximum absolute atomic E-state index is 9.54. The van der Waals surface area contributed by atoms with E-state index >= 15 is 0 Å². The molecule has 1 N–H and O–H groups in total. The zero-order chi connectivity index (χ0) is 10.1. The Morgan fingerprint density at radius 1 is 1.46 bits per heavy atom. The van der Waals surface area contributed by atoms with Crippen molar-refractivity contribution in [3.8, 4) is 0 Å². The molecule has 0 aliphatic carbocycles. The first kappa shape index (κ1) is 13.3. The molecule has 0 radical (unpaired) electrons. The Balaban J connectivity index is 3.24. The third kappa shape index (κ3) is 8.60. The fourth-order valence-electron chi connectivity index (χ4n) is 0.940. The Morgan fingerprint density at radius 2 is 2.15 bits per heavy atom. The summed E-state index contributed by atoms with van der Waals surface area (Å²) in [6.07, 6.45) is 2.83. The zero-order valence-electron chi connectivity index (χ0n) is 8.95. The molecule has 0 amide bonds. The molecule has 80 valence electrons. The summed E-state index contributed by atoms with van der Waals surface area (Å²) in [5, 5.41) is 10.2. The van der Waals surface area contributed by atoms with Crippen molar-refractivity contribution < 1.29 is 9.84 Å². The molecule has 2 unspecified atom stereocenters. The summed E-state index contributed by atoms with van der Waals surface area (Å²) in [6, 6.07) is 0. The average molecular weight is 206 g/mol. The Kier molecular flexibility index (Phi) is 9.03. The number of thioether (sulfide) groups is 1. The van der Waals surface area contributed by atoms with Crippen molar-refractivity contribution in [1.29, 1.82) is 0 Å². The second-order valence-corrected chi connectivity index (χ2v) is 4.81. The van der Waals surface area contributed by atoms with E-state index in [2.05, 4.69) is 13.8 Å².